The third-order valence-electron chi connectivity index (χ3n) is 2.00. The van der Waals surface area contributed by atoms with Gasteiger partial charge in [-0.15, -0.1) is 11.8 Å². The Morgan fingerprint density at radius 1 is 1.43 bits per heavy atom. The first kappa shape index (κ1) is 9.27. The highest BCUT2D eigenvalue weighted by atomic mass is 32.2. The van der Waals surface area contributed by atoms with E-state index in [4.69, 9.17) is 0 Å². The van der Waals surface area contributed by atoms with Gasteiger partial charge in [0.1, 0.15) is 6.29 Å². The first-order chi connectivity index (χ1) is 6.79. The molecule has 1 aliphatic rings. The van der Waals surface area contributed by atoms with E-state index in [0.717, 1.165) is 22.6 Å². The Kier molecular flexibility index (Phi) is 2.54. The minimum absolute atomic E-state index is 0.0132. The van der Waals surface area contributed by atoms with Crippen LogP contribution in [0.1, 0.15) is 16.8 Å². The molecular formula is C10H9NO2S. The number of anilines is 1. The number of hydrogen-bond acceptors (Lipinski definition) is 3. The number of rotatable bonds is 1. The predicted molar refractivity (Wildman–Crippen MR) is 55.8 cm³/mol. The molecule has 14 heavy (non-hydrogen) atoms. The summed E-state index contributed by atoms with van der Waals surface area (Å²) in [5.41, 5.74) is 1.34. The van der Waals surface area contributed by atoms with Crippen molar-refractivity contribution < 1.29 is 9.59 Å². The molecule has 1 amide bonds. The fourth-order valence-corrected chi connectivity index (χ4v) is 2.25. The Labute approximate surface area is 85.9 Å². The molecule has 0 bridgehead atoms. The van der Waals surface area contributed by atoms with Gasteiger partial charge in [0, 0.05) is 22.6 Å². The summed E-state index contributed by atoms with van der Waals surface area (Å²) in [4.78, 5) is 22.8. The summed E-state index contributed by atoms with van der Waals surface area (Å²) in [6, 6.07) is 5.34. The Balaban J connectivity index is 2.41. The standard InChI is InChI=1S/C10H9NO2S/c12-6-7-1-2-9-8(5-7)11-10(13)3-4-14-9/h1-2,5-6H,3-4H2,(H,11,13). The van der Waals surface area contributed by atoms with Gasteiger partial charge < -0.3 is 5.32 Å². The van der Waals surface area contributed by atoms with Gasteiger partial charge in [-0.3, -0.25) is 9.59 Å². The van der Waals surface area contributed by atoms with Gasteiger partial charge >= 0.3 is 0 Å². The van der Waals surface area contributed by atoms with E-state index < -0.39 is 0 Å². The van der Waals surface area contributed by atoms with Gasteiger partial charge in [-0.2, -0.15) is 0 Å². The van der Waals surface area contributed by atoms with E-state index in [0.29, 0.717) is 12.0 Å². The molecule has 0 fully saturated rings. The minimum atomic E-state index is 0.0132. The summed E-state index contributed by atoms with van der Waals surface area (Å²) in [5.74, 6) is 0.804. The number of nitrogens with one attached hydrogen (secondary N) is 1. The Morgan fingerprint density at radius 2 is 2.29 bits per heavy atom. The quantitative estimate of drug-likeness (QED) is 0.716. The van der Waals surface area contributed by atoms with Crippen LogP contribution in [0.2, 0.25) is 0 Å². The number of amides is 1. The summed E-state index contributed by atoms with van der Waals surface area (Å²) in [6.07, 6.45) is 1.30. The molecule has 2 rings (SSSR count). The second-order valence-electron chi connectivity index (χ2n) is 3.02. The number of fused-ring (bicyclic) bond motifs is 1. The lowest BCUT2D eigenvalue weighted by Gasteiger charge is -2.05. The molecule has 1 aromatic carbocycles. The first-order valence-corrected chi connectivity index (χ1v) is 5.30. The third-order valence-corrected chi connectivity index (χ3v) is 3.08. The predicted octanol–water partition coefficient (Wildman–Crippen LogP) is 1.93. The molecule has 1 heterocycles. The van der Waals surface area contributed by atoms with Crippen LogP contribution in [0.15, 0.2) is 23.1 Å². The molecule has 0 atom stereocenters. The third kappa shape index (κ3) is 1.80. The summed E-state index contributed by atoms with van der Waals surface area (Å²) in [6.45, 7) is 0. The van der Waals surface area contributed by atoms with E-state index >= 15 is 0 Å². The monoisotopic (exact) mass is 207 g/mol. The van der Waals surface area contributed by atoms with E-state index in [2.05, 4.69) is 5.32 Å². The summed E-state index contributed by atoms with van der Waals surface area (Å²) >= 11 is 1.63. The lowest BCUT2D eigenvalue weighted by Crippen LogP contribution is -2.10. The number of hydrogen-bond donors (Lipinski definition) is 1. The van der Waals surface area contributed by atoms with Crippen LogP contribution in [-0.4, -0.2) is 17.9 Å². The van der Waals surface area contributed by atoms with Gasteiger partial charge in [0.05, 0.1) is 5.69 Å². The van der Waals surface area contributed by atoms with E-state index in [1.165, 1.54) is 0 Å². The van der Waals surface area contributed by atoms with Gasteiger partial charge in [-0.25, -0.2) is 0 Å². The molecule has 0 aromatic heterocycles. The van der Waals surface area contributed by atoms with Crippen molar-refractivity contribution in [1.29, 1.82) is 0 Å². The van der Waals surface area contributed by atoms with Gasteiger partial charge in [0.15, 0.2) is 0 Å². The highest BCUT2D eigenvalue weighted by Crippen LogP contribution is 2.30. The van der Waals surface area contributed by atoms with Gasteiger partial charge in [0.2, 0.25) is 5.91 Å². The molecule has 1 aromatic rings. The SMILES string of the molecule is O=Cc1ccc2c(c1)NC(=O)CCS2. The molecule has 72 valence electrons. The first-order valence-electron chi connectivity index (χ1n) is 4.31. The van der Waals surface area contributed by atoms with Crippen LogP contribution >= 0.6 is 11.8 Å². The lowest BCUT2D eigenvalue weighted by atomic mass is 10.2. The van der Waals surface area contributed by atoms with E-state index in [1.807, 2.05) is 6.07 Å². The molecular weight excluding hydrogens is 198 g/mol. The number of carbonyl (C=O) groups excluding carboxylic acids is 2. The van der Waals surface area contributed by atoms with Crippen LogP contribution in [0.5, 0.6) is 0 Å². The average Bonchev–Trinajstić information content (AvgIpc) is 2.37. The lowest BCUT2D eigenvalue weighted by molar-refractivity contribution is -0.115. The zero-order valence-corrected chi connectivity index (χ0v) is 8.26. The topological polar surface area (TPSA) is 46.2 Å². The highest BCUT2D eigenvalue weighted by molar-refractivity contribution is 7.99. The number of thioether (sulfide) groups is 1. The molecule has 4 heteroatoms. The van der Waals surface area contributed by atoms with Gasteiger partial charge in [-0.05, 0) is 12.1 Å². The van der Waals surface area contributed by atoms with Crippen LogP contribution in [0.3, 0.4) is 0 Å². The van der Waals surface area contributed by atoms with Crippen molar-refractivity contribution in [2.45, 2.75) is 11.3 Å². The average molecular weight is 207 g/mol. The van der Waals surface area contributed by atoms with E-state index in [-0.39, 0.29) is 5.91 Å². The second kappa shape index (κ2) is 3.84. The van der Waals surface area contributed by atoms with Crippen molar-refractivity contribution in [2.24, 2.45) is 0 Å². The fourth-order valence-electron chi connectivity index (χ4n) is 1.31. The molecule has 3 nitrogen and oxygen atoms in total. The molecule has 0 saturated heterocycles. The van der Waals surface area contributed by atoms with Crippen molar-refractivity contribution in [2.75, 3.05) is 11.1 Å². The van der Waals surface area contributed by atoms with Crippen LogP contribution in [0.4, 0.5) is 5.69 Å². The van der Waals surface area contributed by atoms with Crippen LogP contribution < -0.4 is 5.32 Å². The van der Waals surface area contributed by atoms with Crippen molar-refractivity contribution in [3.8, 4) is 0 Å². The van der Waals surface area contributed by atoms with Crippen molar-refractivity contribution in [1.82, 2.24) is 0 Å². The number of benzene rings is 1. The summed E-state index contributed by atoms with van der Waals surface area (Å²) < 4.78 is 0. The smallest absolute Gasteiger partial charge is 0.225 e. The minimum Gasteiger partial charge on any atom is -0.325 e. The number of carbonyl (C=O) groups is 2. The molecule has 0 unspecified atom stereocenters. The molecule has 0 spiro atoms. The summed E-state index contributed by atoms with van der Waals surface area (Å²) in [5, 5.41) is 2.78. The molecule has 0 saturated carbocycles. The second-order valence-corrected chi connectivity index (χ2v) is 4.16. The van der Waals surface area contributed by atoms with Crippen molar-refractivity contribution >= 4 is 29.6 Å². The molecule has 1 N–H and O–H groups in total. The molecule has 0 aliphatic carbocycles. The maximum Gasteiger partial charge on any atom is 0.225 e. The fraction of sp³-hybridized carbons (Fsp3) is 0.200. The van der Waals surface area contributed by atoms with Crippen LogP contribution in [0, 0.1) is 0 Å². The van der Waals surface area contributed by atoms with Crippen LogP contribution in [-0.2, 0) is 4.79 Å². The Hall–Kier alpha value is -1.29. The van der Waals surface area contributed by atoms with Crippen LogP contribution in [0.25, 0.3) is 0 Å². The van der Waals surface area contributed by atoms with E-state index in [1.54, 1.807) is 23.9 Å². The Morgan fingerprint density at radius 3 is 3.07 bits per heavy atom. The van der Waals surface area contributed by atoms with E-state index in [9.17, 15) is 9.59 Å². The molecule has 1 aliphatic heterocycles. The number of aldehydes is 1. The van der Waals surface area contributed by atoms with Gasteiger partial charge in [0.25, 0.3) is 0 Å². The van der Waals surface area contributed by atoms with Crippen molar-refractivity contribution in [3.63, 3.8) is 0 Å². The maximum absolute atomic E-state index is 11.2. The summed E-state index contributed by atoms with van der Waals surface area (Å²) in [7, 11) is 0. The Bertz CT molecular complexity index is 390. The zero-order chi connectivity index (χ0) is 9.97. The maximum atomic E-state index is 11.2. The van der Waals surface area contributed by atoms with Crippen molar-refractivity contribution in [3.05, 3.63) is 23.8 Å². The van der Waals surface area contributed by atoms with Gasteiger partial charge in [-0.1, -0.05) is 6.07 Å². The highest BCUT2D eigenvalue weighted by Gasteiger charge is 2.12. The largest absolute Gasteiger partial charge is 0.325 e. The molecule has 0 radical (unpaired) electrons. The normalized spacial score (nSPS) is 15.3. The zero-order valence-electron chi connectivity index (χ0n) is 7.45.